The number of aromatic nitrogens is 2. The third-order valence-electron chi connectivity index (χ3n) is 5.32. The number of ether oxygens (including phenoxy) is 3. The Labute approximate surface area is 217 Å². The van der Waals surface area contributed by atoms with Crippen LogP contribution in [0.25, 0.3) is 0 Å². The number of rotatable bonds is 13. The molecule has 0 saturated carbocycles. The smallest absolute Gasteiger partial charge is 0.306 e. The monoisotopic (exact) mass is 519 g/mol. The number of halogens is 1. The van der Waals surface area contributed by atoms with E-state index >= 15 is 4.39 Å². The molecule has 0 spiro atoms. The van der Waals surface area contributed by atoms with Gasteiger partial charge in [-0.3, -0.25) is 9.59 Å². The molecule has 2 atom stereocenters. The standard InChI is InChI=1S/C26H38FN5O5/c1-15(2)22(16(3)12-21(33)37-26(4,5)6)31-25-19(27)14-18(23(28)34)24(32-25)30-17-8-9-29-20(13-17)36-11-10-35-7/h8-9,13-16,22H,10-12H2,1-7H3,(H2,28,34)(H2,29,30,31,32)/t16-,22-/m1/s1. The van der Waals surface area contributed by atoms with Gasteiger partial charge in [0, 0.05) is 31.1 Å². The summed E-state index contributed by atoms with van der Waals surface area (Å²) >= 11 is 0. The van der Waals surface area contributed by atoms with Gasteiger partial charge >= 0.3 is 5.97 Å². The van der Waals surface area contributed by atoms with Crippen molar-refractivity contribution in [2.45, 2.75) is 59.6 Å². The molecule has 0 saturated heterocycles. The van der Waals surface area contributed by atoms with E-state index in [1.807, 2.05) is 20.8 Å². The van der Waals surface area contributed by atoms with Gasteiger partial charge in [-0.05, 0) is 44.7 Å². The number of nitrogens with two attached hydrogens (primary N) is 1. The first-order valence-electron chi connectivity index (χ1n) is 12.1. The summed E-state index contributed by atoms with van der Waals surface area (Å²) in [5.74, 6) is -1.78. The van der Waals surface area contributed by atoms with Crippen molar-refractivity contribution in [3.63, 3.8) is 0 Å². The van der Waals surface area contributed by atoms with Gasteiger partial charge < -0.3 is 30.6 Å². The third kappa shape index (κ3) is 9.49. The molecule has 2 aromatic rings. The molecule has 0 aliphatic carbocycles. The molecule has 10 nitrogen and oxygen atoms in total. The number of carbonyl (C=O) groups is 2. The van der Waals surface area contributed by atoms with Crippen LogP contribution in [0.3, 0.4) is 0 Å². The van der Waals surface area contributed by atoms with E-state index in [0.717, 1.165) is 6.07 Å². The highest BCUT2D eigenvalue weighted by atomic mass is 19.1. The highest BCUT2D eigenvalue weighted by Gasteiger charge is 2.28. The molecule has 2 rings (SSSR count). The number of nitrogens with one attached hydrogen (secondary N) is 2. The molecule has 0 bridgehead atoms. The summed E-state index contributed by atoms with van der Waals surface area (Å²) in [6.45, 7) is 11.9. The molecule has 0 aromatic carbocycles. The van der Waals surface area contributed by atoms with Crippen molar-refractivity contribution in [2.75, 3.05) is 31.0 Å². The van der Waals surface area contributed by atoms with E-state index in [0.29, 0.717) is 24.8 Å². The van der Waals surface area contributed by atoms with Gasteiger partial charge in [-0.15, -0.1) is 0 Å². The summed E-state index contributed by atoms with van der Waals surface area (Å²) in [5.41, 5.74) is 5.28. The van der Waals surface area contributed by atoms with Crippen LogP contribution in [0.5, 0.6) is 5.88 Å². The third-order valence-corrected chi connectivity index (χ3v) is 5.32. The molecule has 2 aromatic heterocycles. The minimum absolute atomic E-state index is 0.0258. The Bertz CT molecular complexity index is 1070. The van der Waals surface area contributed by atoms with Crippen molar-refractivity contribution in [3.8, 4) is 5.88 Å². The number of esters is 1. The molecule has 0 unspecified atom stereocenters. The predicted molar refractivity (Wildman–Crippen MR) is 139 cm³/mol. The number of pyridine rings is 2. The van der Waals surface area contributed by atoms with Crippen LogP contribution in [0.2, 0.25) is 0 Å². The SMILES string of the molecule is COCCOc1cc(Nc2nc(N[C@H](C(C)C)[C@H](C)CC(=O)OC(C)(C)C)c(F)cc2C(N)=O)ccn1. The number of primary amides is 1. The average molecular weight is 520 g/mol. The summed E-state index contributed by atoms with van der Waals surface area (Å²) < 4.78 is 31.0. The van der Waals surface area contributed by atoms with Crippen molar-refractivity contribution in [1.29, 1.82) is 0 Å². The summed E-state index contributed by atoms with van der Waals surface area (Å²) in [4.78, 5) is 32.9. The summed E-state index contributed by atoms with van der Waals surface area (Å²) in [7, 11) is 1.56. The second-order valence-electron chi connectivity index (χ2n) is 10.1. The quantitative estimate of drug-likeness (QED) is 0.261. The van der Waals surface area contributed by atoms with Crippen molar-refractivity contribution < 1.29 is 28.2 Å². The lowest BCUT2D eigenvalue weighted by atomic mass is 9.89. The Hall–Kier alpha value is -3.47. The maximum absolute atomic E-state index is 15.0. The van der Waals surface area contributed by atoms with Crippen molar-refractivity contribution in [2.24, 2.45) is 17.6 Å². The highest BCUT2D eigenvalue weighted by molar-refractivity contribution is 5.98. The Morgan fingerprint density at radius 2 is 1.84 bits per heavy atom. The molecule has 11 heteroatoms. The molecule has 4 N–H and O–H groups in total. The average Bonchev–Trinajstić information content (AvgIpc) is 2.77. The number of anilines is 3. The van der Waals surface area contributed by atoms with Gasteiger partial charge in [0.25, 0.3) is 5.91 Å². The lowest BCUT2D eigenvalue weighted by molar-refractivity contribution is -0.156. The molecule has 0 aliphatic heterocycles. The first-order valence-corrected chi connectivity index (χ1v) is 12.1. The molecule has 37 heavy (non-hydrogen) atoms. The molecule has 0 aliphatic rings. The maximum atomic E-state index is 15.0. The van der Waals surface area contributed by atoms with Crippen LogP contribution in [0.1, 0.15) is 58.3 Å². The number of hydrogen-bond donors (Lipinski definition) is 3. The lowest BCUT2D eigenvalue weighted by Crippen LogP contribution is -2.36. The van der Waals surface area contributed by atoms with Crippen molar-refractivity contribution in [1.82, 2.24) is 9.97 Å². The number of carbonyl (C=O) groups excluding carboxylic acids is 2. The topological polar surface area (TPSA) is 138 Å². The van der Waals surface area contributed by atoms with Crippen molar-refractivity contribution in [3.05, 3.63) is 35.8 Å². The number of hydrogen-bond acceptors (Lipinski definition) is 9. The van der Waals surface area contributed by atoms with Crippen LogP contribution in [0.4, 0.5) is 21.7 Å². The van der Waals surface area contributed by atoms with Gasteiger partial charge in [-0.2, -0.15) is 0 Å². The zero-order valence-corrected chi connectivity index (χ0v) is 22.6. The molecule has 1 amide bonds. The molecule has 0 fully saturated rings. The zero-order chi connectivity index (χ0) is 27.8. The van der Waals surface area contributed by atoms with Crippen LogP contribution >= 0.6 is 0 Å². The Kier molecular flexibility index (Phi) is 10.6. The van der Waals surface area contributed by atoms with E-state index in [-0.39, 0.29) is 47.5 Å². The van der Waals surface area contributed by atoms with Crippen LogP contribution in [-0.2, 0) is 14.3 Å². The van der Waals surface area contributed by atoms with Gasteiger partial charge in [0.15, 0.2) is 11.6 Å². The lowest BCUT2D eigenvalue weighted by Gasteiger charge is -2.30. The first-order chi connectivity index (χ1) is 17.3. The van der Waals surface area contributed by atoms with E-state index in [9.17, 15) is 9.59 Å². The van der Waals surface area contributed by atoms with E-state index in [4.69, 9.17) is 19.9 Å². The molecule has 2 heterocycles. The van der Waals surface area contributed by atoms with E-state index < -0.39 is 17.3 Å². The number of methoxy groups -OCH3 is 1. The fourth-order valence-corrected chi connectivity index (χ4v) is 3.70. The Balaban J connectivity index is 2.30. The summed E-state index contributed by atoms with van der Waals surface area (Å²) in [6.07, 6.45) is 1.66. The molecular formula is C26H38FN5O5. The second kappa shape index (κ2) is 13.2. The van der Waals surface area contributed by atoms with Gasteiger partial charge in [0.05, 0.1) is 18.6 Å². The van der Waals surface area contributed by atoms with E-state index in [2.05, 4.69) is 20.6 Å². The predicted octanol–water partition coefficient (Wildman–Crippen LogP) is 4.29. The van der Waals surface area contributed by atoms with E-state index in [1.165, 1.54) is 6.20 Å². The Morgan fingerprint density at radius 3 is 2.43 bits per heavy atom. The van der Waals surface area contributed by atoms with Gasteiger partial charge in [0.2, 0.25) is 5.88 Å². The van der Waals surface area contributed by atoms with Gasteiger partial charge in [0.1, 0.15) is 18.0 Å². The summed E-state index contributed by atoms with van der Waals surface area (Å²) in [6, 6.07) is 3.97. The largest absolute Gasteiger partial charge is 0.475 e. The van der Waals surface area contributed by atoms with E-state index in [1.54, 1.807) is 40.0 Å². The number of nitrogens with zero attached hydrogens (tertiary/aromatic N) is 2. The summed E-state index contributed by atoms with van der Waals surface area (Å²) in [5, 5.41) is 6.11. The Morgan fingerprint density at radius 1 is 1.14 bits per heavy atom. The van der Waals surface area contributed by atoms with Crippen LogP contribution in [0, 0.1) is 17.7 Å². The highest BCUT2D eigenvalue weighted by Crippen LogP contribution is 2.28. The molecular weight excluding hydrogens is 481 g/mol. The fraction of sp³-hybridized carbons (Fsp3) is 0.538. The maximum Gasteiger partial charge on any atom is 0.306 e. The van der Waals surface area contributed by atoms with Crippen LogP contribution < -0.4 is 21.1 Å². The molecule has 0 radical (unpaired) electrons. The minimum atomic E-state index is -0.843. The van der Waals surface area contributed by atoms with Gasteiger partial charge in [-0.1, -0.05) is 20.8 Å². The zero-order valence-electron chi connectivity index (χ0n) is 22.6. The second-order valence-corrected chi connectivity index (χ2v) is 10.1. The first kappa shape index (κ1) is 29.8. The number of amides is 1. The normalized spacial score (nSPS) is 13.1. The van der Waals surface area contributed by atoms with Crippen molar-refractivity contribution >= 4 is 29.2 Å². The minimum Gasteiger partial charge on any atom is -0.475 e. The molecule has 204 valence electrons. The van der Waals surface area contributed by atoms with Crippen LogP contribution in [-0.4, -0.2) is 53.8 Å². The fourth-order valence-electron chi connectivity index (χ4n) is 3.70. The van der Waals surface area contributed by atoms with Gasteiger partial charge in [-0.25, -0.2) is 14.4 Å². The van der Waals surface area contributed by atoms with Crippen LogP contribution in [0.15, 0.2) is 24.4 Å².